The molecular formula is C23H24N2O4. The van der Waals surface area contributed by atoms with Crippen molar-refractivity contribution in [2.75, 3.05) is 13.7 Å². The topological polar surface area (TPSA) is 70.4 Å². The zero-order valence-electron chi connectivity index (χ0n) is 17.1. The van der Waals surface area contributed by atoms with Crippen molar-refractivity contribution in [1.82, 2.24) is 9.55 Å². The average molecular weight is 392 g/mol. The number of Topliss-reactive ketones (excluding diaryl/α,β-unsaturated/α-hetero) is 1. The molecule has 0 amide bonds. The van der Waals surface area contributed by atoms with Crippen molar-refractivity contribution in [1.29, 1.82) is 0 Å². The van der Waals surface area contributed by atoms with Gasteiger partial charge in [-0.1, -0.05) is 0 Å². The smallest absolute Gasteiger partial charge is 0.340 e. The number of aromatic nitrogens is 2. The largest absolute Gasteiger partial charge is 0.497 e. The molecule has 1 aliphatic carbocycles. The number of hydrogen-bond acceptors (Lipinski definition) is 5. The summed E-state index contributed by atoms with van der Waals surface area (Å²) in [6, 6.07) is 9.60. The summed E-state index contributed by atoms with van der Waals surface area (Å²) in [5.41, 5.74) is 4.32. The van der Waals surface area contributed by atoms with Crippen molar-refractivity contribution >= 4 is 22.7 Å². The molecule has 2 aromatic heterocycles. The molecule has 4 rings (SSSR count). The Morgan fingerprint density at radius 1 is 1.10 bits per heavy atom. The van der Waals surface area contributed by atoms with Gasteiger partial charge < -0.3 is 14.0 Å². The Kier molecular flexibility index (Phi) is 4.86. The van der Waals surface area contributed by atoms with Gasteiger partial charge in [-0.25, -0.2) is 4.79 Å². The van der Waals surface area contributed by atoms with Gasteiger partial charge in [0.15, 0.2) is 6.61 Å². The van der Waals surface area contributed by atoms with E-state index in [2.05, 4.69) is 9.55 Å². The fraction of sp³-hybridized carbons (Fsp3) is 0.348. The Labute approximate surface area is 169 Å². The molecule has 0 spiro atoms. The van der Waals surface area contributed by atoms with Crippen molar-refractivity contribution in [2.24, 2.45) is 0 Å². The summed E-state index contributed by atoms with van der Waals surface area (Å²) >= 11 is 0. The van der Waals surface area contributed by atoms with Gasteiger partial charge in [-0.05, 0) is 63.9 Å². The Morgan fingerprint density at radius 2 is 1.86 bits per heavy atom. The lowest BCUT2D eigenvalue weighted by Gasteiger charge is -2.09. The number of aryl methyl sites for hydroxylation is 2. The van der Waals surface area contributed by atoms with E-state index in [4.69, 9.17) is 9.47 Å². The Bertz CT molecular complexity index is 1130. The first-order valence-corrected chi connectivity index (χ1v) is 9.73. The molecule has 0 unspecified atom stereocenters. The summed E-state index contributed by atoms with van der Waals surface area (Å²) in [4.78, 5) is 29.8. The number of carbonyl (C=O) groups excluding carboxylic acids is 2. The quantitative estimate of drug-likeness (QED) is 0.461. The van der Waals surface area contributed by atoms with Gasteiger partial charge in [-0.15, -0.1) is 0 Å². The van der Waals surface area contributed by atoms with E-state index in [1.165, 1.54) is 0 Å². The van der Waals surface area contributed by atoms with E-state index in [0.717, 1.165) is 35.1 Å². The molecule has 0 bridgehead atoms. The summed E-state index contributed by atoms with van der Waals surface area (Å²) in [6.45, 7) is 5.42. The number of esters is 1. The molecule has 3 aromatic rings. The fourth-order valence-electron chi connectivity index (χ4n) is 3.83. The number of rotatable bonds is 6. The van der Waals surface area contributed by atoms with Crippen molar-refractivity contribution in [3.8, 4) is 5.75 Å². The minimum absolute atomic E-state index is 0.188. The van der Waals surface area contributed by atoms with Crippen molar-refractivity contribution < 1.29 is 19.1 Å². The summed E-state index contributed by atoms with van der Waals surface area (Å²) in [7, 11) is 1.59. The molecule has 0 aliphatic heterocycles. The molecule has 1 saturated carbocycles. The first-order chi connectivity index (χ1) is 13.9. The molecule has 29 heavy (non-hydrogen) atoms. The van der Waals surface area contributed by atoms with E-state index < -0.39 is 5.97 Å². The van der Waals surface area contributed by atoms with Crippen LogP contribution >= 0.6 is 0 Å². The molecule has 150 valence electrons. The highest BCUT2D eigenvalue weighted by Crippen LogP contribution is 2.38. The summed E-state index contributed by atoms with van der Waals surface area (Å²) in [6.07, 6.45) is 2.30. The minimum atomic E-state index is -0.552. The summed E-state index contributed by atoms with van der Waals surface area (Å²) < 4.78 is 12.8. The number of methoxy groups -OCH3 is 1. The Hall–Kier alpha value is -3.15. The lowest BCUT2D eigenvalue weighted by Crippen LogP contribution is -2.16. The van der Waals surface area contributed by atoms with Crippen LogP contribution in [0.1, 0.15) is 56.7 Å². The van der Waals surface area contributed by atoms with E-state index in [0.29, 0.717) is 28.6 Å². The highest BCUT2D eigenvalue weighted by molar-refractivity contribution is 6.01. The molecule has 6 heteroatoms. The van der Waals surface area contributed by atoms with Gasteiger partial charge in [0.05, 0.1) is 23.9 Å². The van der Waals surface area contributed by atoms with Crippen LogP contribution in [-0.4, -0.2) is 35.0 Å². The van der Waals surface area contributed by atoms with Crippen LogP contribution in [-0.2, 0) is 4.74 Å². The number of carbonyl (C=O) groups is 2. The summed E-state index contributed by atoms with van der Waals surface area (Å²) in [5.74, 6) is -0.0563. The van der Waals surface area contributed by atoms with Gasteiger partial charge in [0.2, 0.25) is 5.78 Å². The van der Waals surface area contributed by atoms with Gasteiger partial charge in [0.25, 0.3) is 0 Å². The van der Waals surface area contributed by atoms with Gasteiger partial charge in [-0.2, -0.15) is 0 Å². The lowest BCUT2D eigenvalue weighted by atomic mass is 10.1. The third kappa shape index (κ3) is 3.62. The second-order valence-corrected chi connectivity index (χ2v) is 7.57. The van der Waals surface area contributed by atoms with Crippen LogP contribution < -0.4 is 4.74 Å². The predicted octanol–water partition coefficient (Wildman–Crippen LogP) is 4.34. The van der Waals surface area contributed by atoms with Crippen LogP contribution in [0.25, 0.3) is 10.9 Å². The number of nitrogens with zero attached hydrogens (tertiary/aromatic N) is 2. The highest BCUT2D eigenvalue weighted by atomic mass is 16.5. The first-order valence-electron chi connectivity index (χ1n) is 9.73. The maximum atomic E-state index is 12.7. The number of fused-ring (bicyclic) bond motifs is 1. The monoisotopic (exact) mass is 392 g/mol. The fourth-order valence-corrected chi connectivity index (χ4v) is 3.83. The lowest BCUT2D eigenvalue weighted by molar-refractivity contribution is 0.0473. The molecule has 1 fully saturated rings. The zero-order valence-corrected chi connectivity index (χ0v) is 17.1. The molecule has 1 aliphatic rings. The van der Waals surface area contributed by atoms with Crippen LogP contribution in [0.5, 0.6) is 5.75 Å². The Morgan fingerprint density at radius 3 is 2.55 bits per heavy atom. The molecule has 0 N–H and O–H groups in total. The van der Waals surface area contributed by atoms with E-state index in [-0.39, 0.29) is 12.4 Å². The summed E-state index contributed by atoms with van der Waals surface area (Å²) in [5, 5.41) is 0.779. The maximum absolute atomic E-state index is 12.7. The van der Waals surface area contributed by atoms with E-state index >= 15 is 0 Å². The number of pyridine rings is 1. The molecule has 0 radical (unpaired) electrons. The second-order valence-electron chi connectivity index (χ2n) is 7.57. The molecule has 6 nitrogen and oxygen atoms in total. The van der Waals surface area contributed by atoms with Crippen molar-refractivity contribution in [3.63, 3.8) is 0 Å². The van der Waals surface area contributed by atoms with Crippen LogP contribution in [0.3, 0.4) is 0 Å². The van der Waals surface area contributed by atoms with Gasteiger partial charge >= 0.3 is 5.97 Å². The zero-order chi connectivity index (χ0) is 20.7. The van der Waals surface area contributed by atoms with Crippen molar-refractivity contribution in [2.45, 2.75) is 39.7 Å². The molecule has 0 saturated heterocycles. The second kappa shape index (κ2) is 7.35. The van der Waals surface area contributed by atoms with E-state index in [1.807, 2.05) is 38.1 Å². The van der Waals surface area contributed by atoms with Gasteiger partial charge in [0, 0.05) is 28.4 Å². The molecule has 2 heterocycles. The Balaban J connectivity index is 1.51. The number of hydrogen-bond donors (Lipinski definition) is 0. The molecular weight excluding hydrogens is 368 g/mol. The third-order valence-electron chi connectivity index (χ3n) is 5.46. The average Bonchev–Trinajstić information content (AvgIpc) is 3.49. The third-order valence-corrected chi connectivity index (χ3v) is 5.46. The SMILES string of the molecule is COc1ccc2nc(C)c(C(=O)OCC(=O)c3cc(C)n(C4CC4)c3C)cc2c1. The normalized spacial score (nSPS) is 13.5. The van der Waals surface area contributed by atoms with Crippen LogP contribution in [0.4, 0.5) is 0 Å². The standard InChI is InChI=1S/C23H24N2O4/c1-13-9-20(15(3)25(13)17-5-6-17)22(26)12-29-23(27)19-11-16-10-18(28-4)7-8-21(16)24-14(19)2/h7-11,17H,5-6,12H2,1-4H3. The number of ketones is 1. The van der Waals surface area contributed by atoms with Crippen molar-refractivity contribution in [3.05, 3.63) is 58.5 Å². The van der Waals surface area contributed by atoms with Crippen LogP contribution in [0.15, 0.2) is 30.3 Å². The molecule has 0 atom stereocenters. The molecule has 1 aromatic carbocycles. The van der Waals surface area contributed by atoms with Gasteiger partial charge in [-0.3, -0.25) is 9.78 Å². The maximum Gasteiger partial charge on any atom is 0.340 e. The predicted molar refractivity (Wildman–Crippen MR) is 110 cm³/mol. The van der Waals surface area contributed by atoms with Crippen LogP contribution in [0.2, 0.25) is 0 Å². The van der Waals surface area contributed by atoms with Crippen LogP contribution in [0, 0.1) is 20.8 Å². The van der Waals surface area contributed by atoms with E-state index in [1.54, 1.807) is 20.1 Å². The minimum Gasteiger partial charge on any atom is -0.497 e. The van der Waals surface area contributed by atoms with Gasteiger partial charge in [0.1, 0.15) is 5.75 Å². The number of benzene rings is 1. The number of ether oxygens (including phenoxy) is 2. The highest BCUT2D eigenvalue weighted by Gasteiger charge is 2.28. The first kappa shape index (κ1) is 19.2. The van der Waals surface area contributed by atoms with E-state index in [9.17, 15) is 9.59 Å².